The second-order valence-electron chi connectivity index (χ2n) is 4.92. The summed E-state index contributed by atoms with van der Waals surface area (Å²) in [5.74, 6) is 0.153. The molecule has 86 valence electrons. The van der Waals surface area contributed by atoms with Crippen LogP contribution in [0.2, 0.25) is 0 Å². The van der Waals surface area contributed by atoms with Gasteiger partial charge in [0.1, 0.15) is 0 Å². The minimum absolute atomic E-state index is 0.153. The molecular weight excluding hydrogens is 208 g/mol. The minimum atomic E-state index is 0.153. The van der Waals surface area contributed by atoms with E-state index in [4.69, 9.17) is 0 Å². The quantitative estimate of drug-likeness (QED) is 0.787. The van der Waals surface area contributed by atoms with E-state index in [0.717, 1.165) is 0 Å². The Labute approximate surface area is 102 Å². The summed E-state index contributed by atoms with van der Waals surface area (Å²) < 4.78 is 0. The Kier molecular flexibility index (Phi) is 2.30. The van der Waals surface area contributed by atoms with E-state index in [1.54, 1.807) is 0 Å². The van der Waals surface area contributed by atoms with E-state index < -0.39 is 0 Å². The van der Waals surface area contributed by atoms with Crippen LogP contribution in [-0.2, 0) is 0 Å². The molecule has 0 fully saturated rings. The van der Waals surface area contributed by atoms with E-state index in [1.165, 1.54) is 33.4 Å². The summed E-state index contributed by atoms with van der Waals surface area (Å²) in [7, 11) is 0. The van der Waals surface area contributed by atoms with Crippen molar-refractivity contribution < 1.29 is 5.11 Å². The zero-order chi connectivity index (χ0) is 12.0. The number of hydrogen-bond acceptors (Lipinski definition) is 1. The smallest absolute Gasteiger partial charge is 0.0540 e. The zero-order valence-electron chi connectivity index (χ0n) is 10.2. The van der Waals surface area contributed by atoms with E-state index >= 15 is 0 Å². The van der Waals surface area contributed by atoms with Crippen LogP contribution < -0.4 is 0 Å². The first-order valence-corrected chi connectivity index (χ1v) is 6.03. The fraction of sp³-hybridized carbons (Fsp3) is 0.250. The van der Waals surface area contributed by atoms with Crippen molar-refractivity contribution in [3.8, 4) is 11.1 Å². The van der Waals surface area contributed by atoms with E-state index in [0.29, 0.717) is 0 Å². The van der Waals surface area contributed by atoms with Gasteiger partial charge in [0.2, 0.25) is 0 Å². The van der Waals surface area contributed by atoms with Gasteiger partial charge in [-0.25, -0.2) is 0 Å². The van der Waals surface area contributed by atoms with Crippen molar-refractivity contribution in [3.63, 3.8) is 0 Å². The molecule has 1 aliphatic carbocycles. The number of rotatable bonds is 1. The zero-order valence-corrected chi connectivity index (χ0v) is 10.2. The third-order valence-electron chi connectivity index (χ3n) is 3.64. The van der Waals surface area contributed by atoms with Gasteiger partial charge in [-0.3, -0.25) is 0 Å². The molecule has 0 saturated carbocycles. The SMILES string of the molecule is Cc1ccc2c(c1)C(CO)c1cc(C)ccc1-2. The number of hydrogen-bond donors (Lipinski definition) is 1. The third-order valence-corrected chi connectivity index (χ3v) is 3.64. The molecule has 17 heavy (non-hydrogen) atoms. The van der Waals surface area contributed by atoms with Crippen molar-refractivity contribution in [2.75, 3.05) is 6.61 Å². The second-order valence-corrected chi connectivity index (χ2v) is 4.92. The summed E-state index contributed by atoms with van der Waals surface area (Å²) in [5.41, 5.74) is 7.62. The number of fused-ring (bicyclic) bond motifs is 3. The van der Waals surface area contributed by atoms with Crippen LogP contribution in [0.5, 0.6) is 0 Å². The highest BCUT2D eigenvalue weighted by Crippen LogP contribution is 2.44. The van der Waals surface area contributed by atoms with Gasteiger partial charge in [0, 0.05) is 5.92 Å². The highest BCUT2D eigenvalue weighted by Gasteiger charge is 2.27. The molecule has 2 aromatic carbocycles. The molecule has 3 rings (SSSR count). The fourth-order valence-electron chi connectivity index (χ4n) is 2.80. The van der Waals surface area contributed by atoms with Gasteiger partial charge in [-0.2, -0.15) is 0 Å². The number of aliphatic hydroxyl groups excluding tert-OH is 1. The number of aliphatic hydroxyl groups is 1. The molecule has 0 heterocycles. The first-order valence-electron chi connectivity index (χ1n) is 6.03. The van der Waals surface area contributed by atoms with E-state index in [-0.39, 0.29) is 12.5 Å². The van der Waals surface area contributed by atoms with Gasteiger partial charge in [0.05, 0.1) is 6.61 Å². The van der Waals surface area contributed by atoms with Crippen LogP contribution in [0, 0.1) is 13.8 Å². The lowest BCUT2D eigenvalue weighted by Crippen LogP contribution is -2.02. The molecule has 0 radical (unpaired) electrons. The predicted octanol–water partition coefficient (Wildman–Crippen LogP) is 3.41. The number of benzene rings is 2. The maximum Gasteiger partial charge on any atom is 0.0540 e. The first-order chi connectivity index (χ1) is 8.20. The highest BCUT2D eigenvalue weighted by molar-refractivity contribution is 5.79. The molecule has 0 unspecified atom stereocenters. The first kappa shape index (κ1) is 10.5. The molecular formula is C16H16O. The van der Waals surface area contributed by atoms with Gasteiger partial charge >= 0.3 is 0 Å². The van der Waals surface area contributed by atoms with Gasteiger partial charge in [0.15, 0.2) is 0 Å². The maximum absolute atomic E-state index is 9.64. The molecule has 0 aliphatic heterocycles. The van der Waals surface area contributed by atoms with Gasteiger partial charge in [-0.05, 0) is 36.1 Å². The lowest BCUT2D eigenvalue weighted by molar-refractivity contribution is 0.282. The normalized spacial score (nSPS) is 13.6. The molecule has 0 saturated heterocycles. The van der Waals surface area contributed by atoms with Crippen molar-refractivity contribution in [2.24, 2.45) is 0 Å². The van der Waals surface area contributed by atoms with Crippen LogP contribution in [-0.4, -0.2) is 11.7 Å². The summed E-state index contributed by atoms with van der Waals surface area (Å²) in [6, 6.07) is 13.0. The van der Waals surface area contributed by atoms with Gasteiger partial charge in [-0.15, -0.1) is 0 Å². The largest absolute Gasteiger partial charge is 0.395 e. The molecule has 0 bridgehead atoms. The topological polar surface area (TPSA) is 20.2 Å². The summed E-state index contributed by atoms with van der Waals surface area (Å²) in [6.45, 7) is 4.39. The molecule has 0 amide bonds. The van der Waals surface area contributed by atoms with Crippen molar-refractivity contribution in [3.05, 3.63) is 58.7 Å². The van der Waals surface area contributed by atoms with Crippen LogP contribution in [0.4, 0.5) is 0 Å². The van der Waals surface area contributed by atoms with Crippen molar-refractivity contribution in [2.45, 2.75) is 19.8 Å². The molecule has 0 spiro atoms. The molecule has 1 N–H and O–H groups in total. The van der Waals surface area contributed by atoms with Crippen LogP contribution in [0.1, 0.15) is 28.2 Å². The lowest BCUT2D eigenvalue weighted by atomic mass is 9.96. The van der Waals surface area contributed by atoms with Crippen molar-refractivity contribution in [1.29, 1.82) is 0 Å². The standard InChI is InChI=1S/C16H16O/c1-10-3-5-12-13-6-4-11(2)8-15(13)16(9-17)14(12)7-10/h3-8,16-17H,9H2,1-2H3. The van der Waals surface area contributed by atoms with Crippen LogP contribution >= 0.6 is 0 Å². The summed E-state index contributed by atoms with van der Waals surface area (Å²) in [4.78, 5) is 0. The molecule has 0 aromatic heterocycles. The van der Waals surface area contributed by atoms with E-state index in [9.17, 15) is 5.11 Å². The second kappa shape index (κ2) is 3.71. The average molecular weight is 224 g/mol. The Morgan fingerprint density at radius 3 is 1.76 bits per heavy atom. The minimum Gasteiger partial charge on any atom is -0.395 e. The van der Waals surface area contributed by atoms with Gasteiger partial charge in [-0.1, -0.05) is 47.5 Å². The Hall–Kier alpha value is -1.60. The predicted molar refractivity (Wildman–Crippen MR) is 70.3 cm³/mol. The lowest BCUT2D eigenvalue weighted by Gasteiger charge is -2.10. The van der Waals surface area contributed by atoms with Gasteiger partial charge < -0.3 is 5.11 Å². The maximum atomic E-state index is 9.64. The molecule has 1 aliphatic rings. The highest BCUT2D eigenvalue weighted by atomic mass is 16.3. The Morgan fingerprint density at radius 1 is 0.882 bits per heavy atom. The molecule has 0 atom stereocenters. The Balaban J connectivity index is 2.28. The van der Waals surface area contributed by atoms with Crippen LogP contribution in [0.25, 0.3) is 11.1 Å². The van der Waals surface area contributed by atoms with Crippen molar-refractivity contribution >= 4 is 0 Å². The molecule has 2 aromatic rings. The van der Waals surface area contributed by atoms with Gasteiger partial charge in [0.25, 0.3) is 0 Å². The third kappa shape index (κ3) is 1.50. The molecule has 1 heteroatoms. The van der Waals surface area contributed by atoms with E-state index in [1.807, 2.05) is 0 Å². The van der Waals surface area contributed by atoms with Crippen molar-refractivity contribution in [1.82, 2.24) is 0 Å². The summed E-state index contributed by atoms with van der Waals surface area (Å²) in [6.07, 6.45) is 0. The summed E-state index contributed by atoms with van der Waals surface area (Å²) >= 11 is 0. The van der Waals surface area contributed by atoms with Crippen LogP contribution in [0.3, 0.4) is 0 Å². The number of aryl methyl sites for hydroxylation is 2. The summed E-state index contributed by atoms with van der Waals surface area (Å²) in [5, 5.41) is 9.64. The Morgan fingerprint density at radius 2 is 1.35 bits per heavy atom. The monoisotopic (exact) mass is 224 g/mol. The Bertz CT molecular complexity index is 533. The average Bonchev–Trinajstić information content (AvgIpc) is 2.60. The van der Waals surface area contributed by atoms with Crippen LogP contribution in [0.15, 0.2) is 36.4 Å². The van der Waals surface area contributed by atoms with E-state index in [2.05, 4.69) is 50.2 Å². The fourth-order valence-corrected chi connectivity index (χ4v) is 2.80. The molecule has 1 nitrogen and oxygen atoms in total.